The zero-order chi connectivity index (χ0) is 21.3. The molecule has 3 aliphatic rings. The molecule has 1 amide bonds. The number of carbonyl (C=O) groups excluding carboxylic acids is 1. The summed E-state index contributed by atoms with van der Waals surface area (Å²) in [6, 6.07) is 3.52. The summed E-state index contributed by atoms with van der Waals surface area (Å²) < 4.78 is 5.41. The van der Waals surface area contributed by atoms with Gasteiger partial charge in [0.1, 0.15) is 6.61 Å². The van der Waals surface area contributed by atoms with Crippen LogP contribution in [0.4, 0.5) is 10.5 Å². The second-order valence-corrected chi connectivity index (χ2v) is 9.42. The molecule has 1 saturated carbocycles. The molecule has 2 N–H and O–H groups in total. The summed E-state index contributed by atoms with van der Waals surface area (Å²) in [6.07, 6.45) is 11.6. The van der Waals surface area contributed by atoms with Crippen LogP contribution in [-0.2, 0) is 4.74 Å². The number of aliphatic hydroxyl groups is 1. The van der Waals surface area contributed by atoms with Gasteiger partial charge in [-0.2, -0.15) is 0 Å². The fourth-order valence-electron chi connectivity index (χ4n) is 5.37. The van der Waals surface area contributed by atoms with Gasteiger partial charge < -0.3 is 9.84 Å². The van der Waals surface area contributed by atoms with Gasteiger partial charge in [0.05, 0.1) is 18.0 Å². The number of ether oxygens (including phenoxy) is 1. The quantitative estimate of drug-likeness (QED) is 0.699. The molecule has 0 spiro atoms. The van der Waals surface area contributed by atoms with Crippen molar-refractivity contribution in [2.75, 3.05) is 11.9 Å². The van der Waals surface area contributed by atoms with Crippen LogP contribution in [0.3, 0.4) is 0 Å². The van der Waals surface area contributed by atoms with Crippen LogP contribution in [0.25, 0.3) is 0 Å². The standard InChI is InChI=1S/C25H32N2O3/c1-16(2)19-8-10-25(3)11-9-20-21(23(19)25)7-6-17(13-22(20)28)15-30-24(29)27-18-5-4-12-26-14-18/h4-7,12,14,16,20,22,28H,8-11,13,15H2,1-3H3,(H,27,29). The van der Waals surface area contributed by atoms with Crippen molar-refractivity contribution in [3.8, 4) is 0 Å². The van der Waals surface area contributed by atoms with Gasteiger partial charge >= 0.3 is 6.09 Å². The van der Waals surface area contributed by atoms with E-state index in [1.807, 2.05) is 0 Å². The summed E-state index contributed by atoms with van der Waals surface area (Å²) in [5.74, 6) is 0.697. The highest BCUT2D eigenvalue weighted by atomic mass is 16.5. The SMILES string of the molecule is CC(C)C1=C2C3=CC=C(COC(=O)Nc4cccnc4)CC(O)C3CCC2(C)CC1. The fraction of sp³-hybridized carbons (Fsp3) is 0.520. The van der Waals surface area contributed by atoms with Crippen LogP contribution < -0.4 is 5.32 Å². The topological polar surface area (TPSA) is 71.5 Å². The van der Waals surface area contributed by atoms with Crippen LogP contribution in [0.2, 0.25) is 0 Å². The van der Waals surface area contributed by atoms with E-state index in [4.69, 9.17) is 4.74 Å². The maximum absolute atomic E-state index is 12.1. The van der Waals surface area contributed by atoms with Gasteiger partial charge in [0, 0.05) is 12.1 Å². The summed E-state index contributed by atoms with van der Waals surface area (Å²) in [5, 5.41) is 13.7. The summed E-state index contributed by atoms with van der Waals surface area (Å²) in [7, 11) is 0. The molecule has 0 radical (unpaired) electrons. The first-order valence-electron chi connectivity index (χ1n) is 11.0. The van der Waals surface area contributed by atoms with E-state index in [9.17, 15) is 9.90 Å². The van der Waals surface area contributed by atoms with Crippen molar-refractivity contribution in [1.29, 1.82) is 0 Å². The third-order valence-corrected chi connectivity index (χ3v) is 6.99. The summed E-state index contributed by atoms with van der Waals surface area (Å²) in [5.41, 5.74) is 6.15. The van der Waals surface area contributed by atoms with Gasteiger partial charge in [-0.1, -0.05) is 38.5 Å². The van der Waals surface area contributed by atoms with Gasteiger partial charge in [-0.05, 0) is 72.3 Å². The normalized spacial score (nSPS) is 28.3. The number of aliphatic hydroxyl groups excluding tert-OH is 1. The molecule has 0 aliphatic heterocycles. The highest BCUT2D eigenvalue weighted by Gasteiger charge is 2.46. The van der Waals surface area contributed by atoms with Crippen molar-refractivity contribution in [2.24, 2.45) is 17.3 Å². The average molecular weight is 409 g/mol. The third kappa shape index (κ3) is 4.08. The van der Waals surface area contributed by atoms with Gasteiger partial charge in [0.25, 0.3) is 0 Å². The van der Waals surface area contributed by atoms with Gasteiger partial charge in [0.2, 0.25) is 0 Å². The smallest absolute Gasteiger partial charge is 0.411 e. The Morgan fingerprint density at radius 1 is 1.37 bits per heavy atom. The number of nitrogens with zero attached hydrogens (tertiary/aromatic N) is 1. The van der Waals surface area contributed by atoms with Crippen molar-refractivity contribution in [1.82, 2.24) is 4.98 Å². The van der Waals surface area contributed by atoms with Crippen LogP contribution in [0.15, 0.2) is 59.0 Å². The Kier molecular flexibility index (Phi) is 5.83. The van der Waals surface area contributed by atoms with E-state index in [1.54, 1.807) is 30.1 Å². The molecule has 1 heterocycles. The lowest BCUT2D eigenvalue weighted by Crippen LogP contribution is -2.33. The van der Waals surface area contributed by atoms with Crippen molar-refractivity contribution in [3.63, 3.8) is 0 Å². The molecule has 5 heteroatoms. The lowest BCUT2D eigenvalue weighted by Gasteiger charge is -2.41. The molecule has 30 heavy (non-hydrogen) atoms. The number of carbonyl (C=O) groups is 1. The lowest BCUT2D eigenvalue weighted by molar-refractivity contribution is 0.0997. The molecule has 0 saturated heterocycles. The number of hydrogen-bond acceptors (Lipinski definition) is 4. The van der Waals surface area contributed by atoms with Gasteiger partial charge in [-0.15, -0.1) is 0 Å². The first-order chi connectivity index (χ1) is 14.4. The number of anilines is 1. The number of hydrogen-bond donors (Lipinski definition) is 2. The number of rotatable bonds is 4. The maximum Gasteiger partial charge on any atom is 0.411 e. The van der Waals surface area contributed by atoms with E-state index in [0.717, 1.165) is 24.8 Å². The summed E-state index contributed by atoms with van der Waals surface area (Å²) >= 11 is 0. The number of nitrogens with one attached hydrogen (secondary N) is 1. The van der Waals surface area contributed by atoms with E-state index in [-0.39, 0.29) is 17.9 Å². The molecule has 3 unspecified atom stereocenters. The third-order valence-electron chi connectivity index (χ3n) is 6.99. The minimum atomic E-state index is -0.513. The molecule has 0 aromatic carbocycles. The zero-order valence-electron chi connectivity index (χ0n) is 18.1. The molecule has 4 rings (SSSR count). The van der Waals surface area contributed by atoms with Crippen LogP contribution >= 0.6 is 0 Å². The van der Waals surface area contributed by atoms with Gasteiger partial charge in [-0.25, -0.2) is 4.79 Å². The Labute approximate surface area is 178 Å². The highest BCUT2D eigenvalue weighted by Crippen LogP contribution is 2.57. The van der Waals surface area contributed by atoms with E-state index in [1.165, 1.54) is 17.6 Å². The maximum atomic E-state index is 12.1. The molecular weight excluding hydrogens is 376 g/mol. The number of amides is 1. The first kappa shape index (κ1) is 20.9. The number of pyridine rings is 1. The molecule has 3 aliphatic carbocycles. The first-order valence-corrected chi connectivity index (χ1v) is 11.0. The van der Waals surface area contributed by atoms with Gasteiger partial charge in [0.15, 0.2) is 0 Å². The van der Waals surface area contributed by atoms with E-state index in [2.05, 4.69) is 43.2 Å². The molecule has 5 nitrogen and oxygen atoms in total. The Morgan fingerprint density at radius 3 is 2.93 bits per heavy atom. The van der Waals surface area contributed by atoms with Crippen LogP contribution in [0.5, 0.6) is 0 Å². The Balaban J connectivity index is 1.51. The molecule has 1 aromatic heterocycles. The van der Waals surface area contributed by atoms with E-state index in [0.29, 0.717) is 18.0 Å². The van der Waals surface area contributed by atoms with Crippen molar-refractivity contribution >= 4 is 11.8 Å². The Morgan fingerprint density at radius 2 is 2.20 bits per heavy atom. The second kappa shape index (κ2) is 8.38. The van der Waals surface area contributed by atoms with Gasteiger partial charge in [-0.3, -0.25) is 10.3 Å². The molecule has 1 fully saturated rings. The zero-order valence-corrected chi connectivity index (χ0v) is 18.1. The number of allylic oxidation sites excluding steroid dienone is 4. The molecule has 160 valence electrons. The summed E-state index contributed by atoms with van der Waals surface area (Å²) in [6.45, 7) is 7.12. The second-order valence-electron chi connectivity index (χ2n) is 9.42. The molecule has 3 atom stereocenters. The predicted octanol–water partition coefficient (Wildman–Crippen LogP) is 5.41. The Bertz CT molecular complexity index is 900. The molecular formula is C25H32N2O3. The minimum absolute atomic E-state index is 0.165. The average Bonchev–Trinajstić information content (AvgIpc) is 2.99. The predicted molar refractivity (Wildman–Crippen MR) is 118 cm³/mol. The molecule has 1 aromatic rings. The fourth-order valence-corrected chi connectivity index (χ4v) is 5.37. The Hall–Kier alpha value is -2.40. The number of fused-ring (bicyclic) bond motifs is 3. The minimum Gasteiger partial charge on any atom is -0.445 e. The van der Waals surface area contributed by atoms with E-state index < -0.39 is 12.2 Å². The lowest BCUT2D eigenvalue weighted by atomic mass is 9.64. The van der Waals surface area contributed by atoms with Crippen LogP contribution in [0, 0.1) is 17.3 Å². The summed E-state index contributed by atoms with van der Waals surface area (Å²) in [4.78, 5) is 16.1. The van der Waals surface area contributed by atoms with Crippen LogP contribution in [0.1, 0.15) is 52.9 Å². The van der Waals surface area contributed by atoms with Crippen molar-refractivity contribution < 1.29 is 14.6 Å². The number of aromatic nitrogens is 1. The van der Waals surface area contributed by atoms with Crippen LogP contribution in [-0.4, -0.2) is 28.9 Å². The largest absolute Gasteiger partial charge is 0.445 e. The van der Waals surface area contributed by atoms with Crippen molar-refractivity contribution in [3.05, 3.63) is 59.0 Å². The van der Waals surface area contributed by atoms with Crippen molar-refractivity contribution in [2.45, 2.75) is 59.0 Å². The molecule has 0 bridgehead atoms. The monoisotopic (exact) mass is 408 g/mol. The highest BCUT2D eigenvalue weighted by molar-refractivity contribution is 5.84. The van der Waals surface area contributed by atoms with E-state index >= 15 is 0 Å².